The number of rotatable bonds is 3. The van der Waals surface area contributed by atoms with E-state index in [1.807, 2.05) is 0 Å². The van der Waals surface area contributed by atoms with Crippen molar-refractivity contribution in [3.63, 3.8) is 0 Å². The Morgan fingerprint density at radius 1 is 0.500 bits per heavy atom. The van der Waals surface area contributed by atoms with Crippen molar-refractivity contribution in [2.45, 2.75) is 51.9 Å². The maximum Gasteiger partial charge on any atom is 0.0468 e. The second-order valence-corrected chi connectivity index (χ2v) is 15.9. The van der Waals surface area contributed by atoms with Gasteiger partial charge in [0.1, 0.15) is 0 Å². The van der Waals surface area contributed by atoms with Gasteiger partial charge in [-0.25, -0.2) is 0 Å². The number of anilines is 3. The van der Waals surface area contributed by atoms with E-state index in [4.69, 9.17) is 0 Å². The molecule has 0 saturated heterocycles. The highest BCUT2D eigenvalue weighted by molar-refractivity contribution is 6.17. The van der Waals surface area contributed by atoms with E-state index in [9.17, 15) is 0 Å². The van der Waals surface area contributed by atoms with Crippen molar-refractivity contribution in [1.29, 1.82) is 0 Å². The summed E-state index contributed by atoms with van der Waals surface area (Å²) in [5, 5.41) is 7.73. The van der Waals surface area contributed by atoms with Gasteiger partial charge >= 0.3 is 0 Å². The molecule has 3 aliphatic rings. The molecule has 0 N–H and O–H groups in total. The zero-order valence-corrected chi connectivity index (χ0v) is 29.5. The molecule has 1 unspecified atom stereocenters. The number of nitrogens with zero attached hydrogens (tertiary/aromatic N) is 1. The Balaban J connectivity index is 1.18. The van der Waals surface area contributed by atoms with E-state index in [0.717, 1.165) is 6.42 Å². The maximum absolute atomic E-state index is 2.49. The molecule has 0 spiro atoms. The first-order valence-corrected chi connectivity index (χ1v) is 18.2. The molecule has 1 heteroatoms. The third-order valence-electron chi connectivity index (χ3n) is 12.2. The predicted octanol–water partition coefficient (Wildman–Crippen LogP) is 13.6. The highest BCUT2D eigenvalue weighted by Gasteiger charge is 2.39. The number of benzene rings is 7. The minimum Gasteiger partial charge on any atom is -0.310 e. The summed E-state index contributed by atoms with van der Waals surface area (Å²) in [6.07, 6.45) is 5.90. The summed E-state index contributed by atoms with van der Waals surface area (Å²) in [4.78, 5) is 2.49. The summed E-state index contributed by atoms with van der Waals surface area (Å²) < 4.78 is 0. The van der Waals surface area contributed by atoms with Crippen LogP contribution in [0, 0.1) is 5.92 Å². The number of fused-ring (bicyclic) bond motifs is 10. The predicted molar refractivity (Wildman–Crippen MR) is 214 cm³/mol. The van der Waals surface area contributed by atoms with E-state index in [-0.39, 0.29) is 10.8 Å². The van der Waals surface area contributed by atoms with Crippen molar-refractivity contribution in [2.24, 2.45) is 5.92 Å². The number of hydrogen-bond acceptors (Lipinski definition) is 1. The topological polar surface area (TPSA) is 3.24 Å². The number of allylic oxidation sites excluding steroid dienone is 4. The van der Waals surface area contributed by atoms with Gasteiger partial charge in [0, 0.05) is 27.9 Å². The van der Waals surface area contributed by atoms with Gasteiger partial charge in [0.15, 0.2) is 0 Å². The Labute approximate surface area is 295 Å². The monoisotopic (exact) mass is 643 g/mol. The van der Waals surface area contributed by atoms with Crippen molar-refractivity contribution >= 4 is 55.0 Å². The van der Waals surface area contributed by atoms with E-state index < -0.39 is 0 Å². The minimum absolute atomic E-state index is 0.0313. The molecule has 0 aliphatic heterocycles. The normalized spacial score (nSPS) is 18.0. The van der Waals surface area contributed by atoms with E-state index in [2.05, 4.69) is 179 Å². The Morgan fingerprint density at radius 2 is 1.14 bits per heavy atom. The highest BCUT2D eigenvalue weighted by atomic mass is 15.1. The van der Waals surface area contributed by atoms with Crippen molar-refractivity contribution < 1.29 is 0 Å². The van der Waals surface area contributed by atoms with Gasteiger partial charge in [0.2, 0.25) is 0 Å². The molecular formula is C49H41N. The zero-order chi connectivity index (χ0) is 33.9. The Bertz CT molecular complexity index is 2650. The third-order valence-corrected chi connectivity index (χ3v) is 12.2. The molecule has 3 aliphatic carbocycles. The van der Waals surface area contributed by atoms with Crippen molar-refractivity contribution in [3.8, 4) is 11.1 Å². The fourth-order valence-electron chi connectivity index (χ4n) is 9.55. The van der Waals surface area contributed by atoms with Gasteiger partial charge in [0.25, 0.3) is 0 Å². The molecule has 0 bridgehead atoms. The van der Waals surface area contributed by atoms with Crippen LogP contribution in [0.4, 0.5) is 17.1 Å². The lowest BCUT2D eigenvalue weighted by Gasteiger charge is -2.30. The third kappa shape index (κ3) is 4.07. The van der Waals surface area contributed by atoms with Crippen LogP contribution >= 0.6 is 0 Å². The summed E-state index contributed by atoms with van der Waals surface area (Å²) in [6, 6.07) is 48.3. The van der Waals surface area contributed by atoms with Gasteiger partial charge in [-0.3, -0.25) is 0 Å². The standard InChI is InChI=1S/C49H41N/c1-30-14-24-45-42(26-30)41-23-18-35(29-47(41)49(45,4)5)50(34-19-25-46-43(28-34)40-12-8-9-13-44(40)48(46,2)3)33-17-22-37-32(27-33)16-21-38-36-11-7-6-10-31(36)15-20-39(37)38/h6-25,27-30H,26H2,1-5H3. The first-order chi connectivity index (χ1) is 24.2. The summed E-state index contributed by atoms with van der Waals surface area (Å²) >= 11 is 0. The maximum atomic E-state index is 2.49. The van der Waals surface area contributed by atoms with E-state index in [1.165, 1.54) is 93.9 Å². The molecule has 0 saturated carbocycles. The highest BCUT2D eigenvalue weighted by Crippen LogP contribution is 2.54. The van der Waals surface area contributed by atoms with Crippen molar-refractivity contribution in [3.05, 3.63) is 167 Å². The lowest BCUT2D eigenvalue weighted by molar-refractivity contribution is 0.643. The Hall–Kier alpha value is -5.40. The molecule has 0 radical (unpaired) electrons. The van der Waals surface area contributed by atoms with Crippen molar-refractivity contribution in [2.75, 3.05) is 4.90 Å². The van der Waals surface area contributed by atoms with Crippen LogP contribution in [0.2, 0.25) is 0 Å². The minimum atomic E-state index is -0.0467. The lowest BCUT2D eigenvalue weighted by Crippen LogP contribution is -2.18. The Morgan fingerprint density at radius 3 is 2.00 bits per heavy atom. The molecule has 0 heterocycles. The summed E-state index contributed by atoms with van der Waals surface area (Å²) in [6.45, 7) is 11.9. The molecule has 7 aromatic rings. The van der Waals surface area contributed by atoms with Crippen LogP contribution in [0.25, 0.3) is 49.0 Å². The molecule has 242 valence electrons. The Kier molecular flexibility index (Phi) is 6.09. The molecule has 0 fully saturated rings. The fraction of sp³-hybridized carbons (Fsp3) is 0.184. The first-order valence-electron chi connectivity index (χ1n) is 18.2. The average Bonchev–Trinajstić information content (AvgIpc) is 3.50. The van der Waals surface area contributed by atoms with E-state index in [0.29, 0.717) is 5.92 Å². The second kappa shape index (κ2) is 10.3. The molecule has 7 aromatic carbocycles. The van der Waals surface area contributed by atoms with Crippen LogP contribution in [0.3, 0.4) is 0 Å². The summed E-state index contributed by atoms with van der Waals surface area (Å²) in [5.41, 5.74) is 14.8. The fourth-order valence-corrected chi connectivity index (χ4v) is 9.55. The van der Waals surface area contributed by atoms with Gasteiger partial charge in [-0.05, 0) is 126 Å². The van der Waals surface area contributed by atoms with Gasteiger partial charge in [-0.1, -0.05) is 138 Å². The van der Waals surface area contributed by atoms with Gasteiger partial charge in [-0.15, -0.1) is 0 Å². The van der Waals surface area contributed by atoms with Gasteiger partial charge < -0.3 is 4.90 Å². The van der Waals surface area contributed by atoms with Crippen LogP contribution in [0.15, 0.2) is 145 Å². The molecular weight excluding hydrogens is 603 g/mol. The quantitative estimate of drug-likeness (QED) is 0.173. The van der Waals surface area contributed by atoms with Crippen LogP contribution in [0.1, 0.15) is 63.3 Å². The van der Waals surface area contributed by atoms with E-state index >= 15 is 0 Å². The lowest BCUT2D eigenvalue weighted by atomic mass is 9.79. The van der Waals surface area contributed by atoms with E-state index in [1.54, 1.807) is 0 Å². The van der Waals surface area contributed by atoms with Crippen LogP contribution in [0.5, 0.6) is 0 Å². The molecule has 50 heavy (non-hydrogen) atoms. The number of hydrogen-bond donors (Lipinski definition) is 0. The first kappa shape index (κ1) is 29.5. The molecule has 10 rings (SSSR count). The molecule has 1 atom stereocenters. The van der Waals surface area contributed by atoms with Crippen LogP contribution in [-0.2, 0) is 10.8 Å². The van der Waals surface area contributed by atoms with Gasteiger partial charge in [-0.2, -0.15) is 0 Å². The second-order valence-electron chi connectivity index (χ2n) is 15.9. The van der Waals surface area contributed by atoms with Crippen LogP contribution in [-0.4, -0.2) is 0 Å². The average molecular weight is 644 g/mol. The smallest absolute Gasteiger partial charge is 0.0468 e. The molecule has 1 nitrogen and oxygen atoms in total. The molecule has 0 amide bonds. The summed E-state index contributed by atoms with van der Waals surface area (Å²) in [7, 11) is 0. The summed E-state index contributed by atoms with van der Waals surface area (Å²) in [5.74, 6) is 0.567. The zero-order valence-electron chi connectivity index (χ0n) is 29.5. The van der Waals surface area contributed by atoms with Crippen LogP contribution < -0.4 is 4.90 Å². The largest absolute Gasteiger partial charge is 0.310 e. The molecule has 0 aromatic heterocycles. The SMILES string of the molecule is CC1C=CC2=C(C1)c1ccc(N(c3ccc4c(c3)-c3ccccc3C4(C)C)c3ccc4c(ccc5c6ccccc6ccc45)c3)cc1C2(C)C. The van der Waals surface area contributed by atoms with Gasteiger partial charge in [0.05, 0.1) is 0 Å². The van der Waals surface area contributed by atoms with Crippen molar-refractivity contribution in [1.82, 2.24) is 0 Å².